The second-order valence-corrected chi connectivity index (χ2v) is 9.11. The Kier molecular flexibility index (Phi) is 10.5. The first kappa shape index (κ1) is 30.5. The molecule has 3 heterocycles. The van der Waals surface area contributed by atoms with Gasteiger partial charge in [-0.3, -0.25) is 4.90 Å². The van der Waals surface area contributed by atoms with Crippen LogP contribution in [0.4, 0.5) is 32.3 Å². The number of likely N-dealkylation sites (tertiary alicyclic amines) is 1. The van der Waals surface area contributed by atoms with Gasteiger partial charge in [0, 0.05) is 50.7 Å². The summed E-state index contributed by atoms with van der Waals surface area (Å²) in [5, 5.41) is 14.2. The number of aliphatic carboxylic acids is 2. The summed E-state index contributed by atoms with van der Waals surface area (Å²) in [7, 11) is 1.84. The maximum absolute atomic E-state index is 10.6. The molecule has 3 aliphatic rings. The summed E-state index contributed by atoms with van der Waals surface area (Å²) in [4.78, 5) is 31.8. The van der Waals surface area contributed by atoms with E-state index in [-0.39, 0.29) is 0 Å². The Morgan fingerprint density at radius 3 is 1.86 bits per heavy atom. The van der Waals surface area contributed by atoms with Crippen LogP contribution >= 0.6 is 0 Å². The van der Waals surface area contributed by atoms with Gasteiger partial charge in [0.25, 0.3) is 0 Å². The van der Waals surface area contributed by atoms with E-state index >= 15 is 0 Å². The van der Waals surface area contributed by atoms with E-state index in [4.69, 9.17) is 24.5 Å². The minimum absolute atomic E-state index is 0.400. The summed E-state index contributed by atoms with van der Waals surface area (Å²) < 4.78 is 69.0. The molecule has 4 rings (SSSR count). The fourth-order valence-corrected chi connectivity index (χ4v) is 4.52. The average Bonchev–Trinajstić information content (AvgIpc) is 3.60. The molecule has 0 aromatic carbocycles. The number of alkyl halides is 6. The third-order valence-electron chi connectivity index (χ3n) is 6.52. The monoisotopic (exact) mass is 544 g/mol. The minimum Gasteiger partial charge on any atom is -0.475 e. The number of halogens is 6. The van der Waals surface area contributed by atoms with Gasteiger partial charge in [0.2, 0.25) is 5.95 Å². The molecule has 210 valence electrons. The van der Waals surface area contributed by atoms with Crippen molar-refractivity contribution in [2.45, 2.75) is 62.5 Å². The topological polar surface area (TPSA) is 116 Å². The zero-order valence-electron chi connectivity index (χ0n) is 20.1. The molecule has 2 aliphatic heterocycles. The molecule has 0 bridgehead atoms. The number of carbonyl (C=O) groups is 2. The summed E-state index contributed by atoms with van der Waals surface area (Å²) in [6, 6.07) is 2.51. The van der Waals surface area contributed by atoms with E-state index in [0.29, 0.717) is 11.6 Å². The first-order chi connectivity index (χ1) is 17.2. The number of hydrogen-bond acceptors (Lipinski definition) is 7. The Balaban J connectivity index is 0.000000286. The van der Waals surface area contributed by atoms with Crippen LogP contribution in [0.15, 0.2) is 18.5 Å². The SMILES string of the molecule is COCC1CCC2(CCN(c3ncccn3)CC2)N1CC1CC1.O=C(O)C(F)(F)F.O=C(O)C(F)(F)F. The average molecular weight is 544 g/mol. The minimum atomic E-state index is -5.08. The summed E-state index contributed by atoms with van der Waals surface area (Å²) in [6.07, 6.45) is 1.47. The van der Waals surface area contributed by atoms with Crippen LogP contribution in [0.2, 0.25) is 0 Å². The molecule has 2 N–H and O–H groups in total. The van der Waals surface area contributed by atoms with Crippen molar-refractivity contribution in [3.63, 3.8) is 0 Å². The summed E-state index contributed by atoms with van der Waals surface area (Å²) in [5.74, 6) is -3.68. The molecular formula is C22H30F6N4O5. The van der Waals surface area contributed by atoms with E-state index in [9.17, 15) is 26.3 Å². The smallest absolute Gasteiger partial charge is 0.475 e. The molecule has 1 aromatic heterocycles. The van der Waals surface area contributed by atoms with Crippen LogP contribution in [0, 0.1) is 5.92 Å². The molecular weight excluding hydrogens is 514 g/mol. The van der Waals surface area contributed by atoms with E-state index in [1.54, 1.807) is 0 Å². The summed E-state index contributed by atoms with van der Waals surface area (Å²) in [5.41, 5.74) is 0.400. The van der Waals surface area contributed by atoms with Crippen molar-refractivity contribution in [1.29, 1.82) is 0 Å². The van der Waals surface area contributed by atoms with E-state index in [1.165, 1.54) is 45.1 Å². The number of anilines is 1. The third kappa shape index (κ3) is 9.29. The molecule has 1 spiro atoms. The van der Waals surface area contributed by atoms with E-state index in [2.05, 4.69) is 19.8 Å². The van der Waals surface area contributed by atoms with Crippen LogP contribution in [0.1, 0.15) is 38.5 Å². The maximum atomic E-state index is 10.6. The molecule has 0 radical (unpaired) electrons. The van der Waals surface area contributed by atoms with Gasteiger partial charge >= 0.3 is 24.3 Å². The van der Waals surface area contributed by atoms with Crippen LogP contribution in [-0.2, 0) is 14.3 Å². The van der Waals surface area contributed by atoms with E-state index in [0.717, 1.165) is 31.6 Å². The fraction of sp³-hybridized carbons (Fsp3) is 0.727. The number of methoxy groups -OCH3 is 1. The van der Waals surface area contributed by atoms with Crippen LogP contribution in [0.3, 0.4) is 0 Å². The number of nitrogens with zero attached hydrogens (tertiary/aromatic N) is 4. The highest BCUT2D eigenvalue weighted by atomic mass is 19.4. The number of rotatable bonds is 5. The molecule has 9 nitrogen and oxygen atoms in total. The normalized spacial score (nSPS) is 21.5. The Hall–Kier alpha value is -2.68. The van der Waals surface area contributed by atoms with Gasteiger partial charge in [0.15, 0.2) is 0 Å². The molecule has 1 aliphatic carbocycles. The number of carboxylic acid groups (broad SMARTS) is 2. The first-order valence-electron chi connectivity index (χ1n) is 11.6. The molecule has 1 saturated carbocycles. The molecule has 15 heteroatoms. The van der Waals surface area contributed by atoms with Crippen molar-refractivity contribution >= 4 is 17.9 Å². The molecule has 1 unspecified atom stereocenters. The number of carboxylic acids is 2. The Morgan fingerprint density at radius 2 is 1.46 bits per heavy atom. The summed E-state index contributed by atoms with van der Waals surface area (Å²) in [6.45, 7) is 4.33. The van der Waals surface area contributed by atoms with Gasteiger partial charge in [0.05, 0.1) is 6.61 Å². The lowest BCUT2D eigenvalue weighted by molar-refractivity contribution is -0.193. The molecule has 1 atom stereocenters. The van der Waals surface area contributed by atoms with Crippen LogP contribution < -0.4 is 4.90 Å². The van der Waals surface area contributed by atoms with Crippen molar-refractivity contribution < 1.29 is 50.9 Å². The van der Waals surface area contributed by atoms with Gasteiger partial charge in [-0.2, -0.15) is 26.3 Å². The number of hydrogen-bond donors (Lipinski definition) is 2. The molecule has 0 amide bonds. The van der Waals surface area contributed by atoms with Gasteiger partial charge in [0.1, 0.15) is 0 Å². The predicted molar refractivity (Wildman–Crippen MR) is 118 cm³/mol. The summed E-state index contributed by atoms with van der Waals surface area (Å²) >= 11 is 0. The second-order valence-electron chi connectivity index (χ2n) is 9.11. The Morgan fingerprint density at radius 1 is 0.973 bits per heavy atom. The number of piperidine rings is 1. The second kappa shape index (κ2) is 12.7. The van der Waals surface area contributed by atoms with Crippen molar-refractivity contribution in [3.8, 4) is 0 Å². The predicted octanol–water partition coefficient (Wildman–Crippen LogP) is 3.60. The highest BCUT2D eigenvalue weighted by Gasteiger charge is 2.49. The molecule has 1 aromatic rings. The van der Waals surface area contributed by atoms with Crippen LogP contribution in [0.5, 0.6) is 0 Å². The lowest BCUT2D eigenvalue weighted by atomic mass is 9.85. The van der Waals surface area contributed by atoms with Gasteiger partial charge < -0.3 is 19.8 Å². The van der Waals surface area contributed by atoms with Gasteiger partial charge in [-0.25, -0.2) is 19.6 Å². The standard InChI is InChI=1S/C18H28N4O.2C2HF3O2/c1-23-14-16-5-6-18(22(16)13-15-3-4-15)7-11-21(12-8-18)17-19-9-2-10-20-17;2*3-2(4,5)1(6)7/h2,9-10,15-16H,3-8,11-14H2,1H3;2*(H,6,7). The van der Waals surface area contributed by atoms with Crippen LogP contribution in [-0.4, -0.2) is 94.3 Å². The highest BCUT2D eigenvalue weighted by molar-refractivity contribution is 5.73. The van der Waals surface area contributed by atoms with Gasteiger partial charge in [-0.05, 0) is 50.5 Å². The highest BCUT2D eigenvalue weighted by Crippen LogP contribution is 2.44. The van der Waals surface area contributed by atoms with Crippen molar-refractivity contribution in [3.05, 3.63) is 18.5 Å². The third-order valence-corrected chi connectivity index (χ3v) is 6.52. The Labute approximate surface area is 209 Å². The quantitative estimate of drug-likeness (QED) is 0.537. The van der Waals surface area contributed by atoms with E-state index < -0.39 is 24.3 Å². The van der Waals surface area contributed by atoms with Gasteiger partial charge in [-0.1, -0.05) is 0 Å². The first-order valence-corrected chi connectivity index (χ1v) is 11.6. The fourth-order valence-electron chi connectivity index (χ4n) is 4.52. The van der Waals surface area contributed by atoms with Crippen molar-refractivity contribution in [1.82, 2.24) is 14.9 Å². The maximum Gasteiger partial charge on any atom is 0.490 e. The lowest BCUT2D eigenvalue weighted by Crippen LogP contribution is -2.55. The van der Waals surface area contributed by atoms with Crippen molar-refractivity contribution in [2.75, 3.05) is 38.3 Å². The van der Waals surface area contributed by atoms with Crippen molar-refractivity contribution in [2.24, 2.45) is 5.92 Å². The molecule has 37 heavy (non-hydrogen) atoms. The zero-order valence-corrected chi connectivity index (χ0v) is 20.1. The zero-order chi connectivity index (χ0) is 27.9. The Bertz CT molecular complexity index is 851. The molecule has 3 fully saturated rings. The lowest BCUT2D eigenvalue weighted by Gasteiger charge is -2.46. The largest absolute Gasteiger partial charge is 0.490 e. The van der Waals surface area contributed by atoms with Crippen LogP contribution in [0.25, 0.3) is 0 Å². The number of aromatic nitrogens is 2. The van der Waals surface area contributed by atoms with Gasteiger partial charge in [-0.15, -0.1) is 0 Å². The van der Waals surface area contributed by atoms with E-state index in [1.807, 2.05) is 25.6 Å². The molecule has 2 saturated heterocycles. The number of ether oxygens (including phenoxy) is 1.